The molecule has 1 aliphatic carbocycles. The third kappa shape index (κ3) is 4.46. The highest BCUT2D eigenvalue weighted by molar-refractivity contribution is 7.09. The van der Waals surface area contributed by atoms with E-state index in [2.05, 4.69) is 6.07 Å². The van der Waals surface area contributed by atoms with E-state index < -0.39 is 5.97 Å². The van der Waals surface area contributed by atoms with E-state index in [9.17, 15) is 9.59 Å². The van der Waals surface area contributed by atoms with E-state index in [0.29, 0.717) is 6.54 Å². The minimum atomic E-state index is -0.859. The summed E-state index contributed by atoms with van der Waals surface area (Å²) in [6.07, 6.45) is 2.81. The summed E-state index contributed by atoms with van der Waals surface area (Å²) >= 11 is 1.69. The minimum Gasteiger partial charge on any atom is -0.481 e. The Morgan fingerprint density at radius 2 is 2.19 bits per heavy atom. The summed E-state index contributed by atoms with van der Waals surface area (Å²) < 4.78 is 0. The number of carboxylic acid groups (broad SMARTS) is 1. The number of carboxylic acids is 1. The van der Waals surface area contributed by atoms with Crippen molar-refractivity contribution >= 4 is 23.3 Å². The van der Waals surface area contributed by atoms with Crippen LogP contribution in [0.25, 0.3) is 0 Å². The predicted octanol–water partition coefficient (Wildman–Crippen LogP) is 2.67. The molecule has 0 spiro atoms. The lowest BCUT2D eigenvalue weighted by Crippen LogP contribution is -2.47. The van der Waals surface area contributed by atoms with Crippen LogP contribution in [0.2, 0.25) is 0 Å². The first-order valence-corrected chi connectivity index (χ1v) is 8.14. The summed E-state index contributed by atoms with van der Waals surface area (Å²) in [5.74, 6) is -0.859. The molecular formula is C15H22N2O3S. The average molecular weight is 310 g/mol. The van der Waals surface area contributed by atoms with Crippen molar-refractivity contribution in [1.82, 2.24) is 9.80 Å². The summed E-state index contributed by atoms with van der Waals surface area (Å²) in [5, 5.41) is 10.9. The molecule has 21 heavy (non-hydrogen) atoms. The molecule has 116 valence electrons. The number of rotatable bonds is 7. The van der Waals surface area contributed by atoms with Crippen molar-refractivity contribution in [1.29, 1.82) is 0 Å². The standard InChI is InChI=1S/C15H22N2O3S/c1-11(10-13-4-3-9-21-13)16(2)15(20)17(12-5-6-12)8-7-14(18)19/h3-4,9,11-12H,5-8,10H2,1-2H3,(H,18,19). The molecule has 1 aromatic heterocycles. The normalized spacial score (nSPS) is 15.5. The zero-order valence-corrected chi connectivity index (χ0v) is 13.3. The molecule has 0 radical (unpaired) electrons. The summed E-state index contributed by atoms with van der Waals surface area (Å²) in [7, 11) is 1.80. The van der Waals surface area contributed by atoms with Gasteiger partial charge in [0.25, 0.3) is 0 Å². The van der Waals surface area contributed by atoms with Crippen molar-refractivity contribution in [3.05, 3.63) is 22.4 Å². The van der Waals surface area contributed by atoms with Gasteiger partial charge in [0.05, 0.1) is 6.42 Å². The number of urea groups is 1. The van der Waals surface area contributed by atoms with Crippen LogP contribution in [0.4, 0.5) is 4.79 Å². The Balaban J connectivity index is 1.93. The van der Waals surface area contributed by atoms with Crippen molar-refractivity contribution in [2.24, 2.45) is 0 Å². The molecule has 1 fully saturated rings. The van der Waals surface area contributed by atoms with Crippen LogP contribution in [0, 0.1) is 0 Å². The first-order chi connectivity index (χ1) is 9.99. The SMILES string of the molecule is CC(Cc1cccs1)N(C)C(=O)N(CCC(=O)O)C1CC1. The second-order valence-corrected chi connectivity index (χ2v) is 6.63. The Morgan fingerprint density at radius 1 is 1.48 bits per heavy atom. The van der Waals surface area contributed by atoms with Crippen LogP contribution in [0.1, 0.15) is 31.1 Å². The lowest BCUT2D eigenvalue weighted by atomic mass is 10.2. The topological polar surface area (TPSA) is 60.9 Å². The lowest BCUT2D eigenvalue weighted by Gasteiger charge is -2.31. The predicted molar refractivity (Wildman–Crippen MR) is 82.6 cm³/mol. The van der Waals surface area contributed by atoms with Crippen LogP contribution in [0.5, 0.6) is 0 Å². The molecule has 1 heterocycles. The van der Waals surface area contributed by atoms with Gasteiger partial charge in [-0.3, -0.25) is 4.79 Å². The van der Waals surface area contributed by atoms with E-state index in [1.807, 2.05) is 18.4 Å². The van der Waals surface area contributed by atoms with Crippen LogP contribution >= 0.6 is 11.3 Å². The summed E-state index contributed by atoms with van der Waals surface area (Å²) in [4.78, 5) is 28.0. The van der Waals surface area contributed by atoms with Gasteiger partial charge in [-0.05, 0) is 31.2 Å². The maximum absolute atomic E-state index is 12.6. The number of hydrogen-bond acceptors (Lipinski definition) is 3. The zero-order valence-electron chi connectivity index (χ0n) is 12.5. The Bertz CT molecular complexity index is 485. The molecular weight excluding hydrogens is 288 g/mol. The number of aliphatic carboxylic acids is 1. The highest BCUT2D eigenvalue weighted by atomic mass is 32.1. The molecule has 5 nitrogen and oxygen atoms in total. The van der Waals surface area contributed by atoms with Crippen LogP contribution in [0.3, 0.4) is 0 Å². The number of thiophene rings is 1. The fourth-order valence-corrected chi connectivity index (χ4v) is 3.11. The van der Waals surface area contributed by atoms with Gasteiger partial charge in [0.1, 0.15) is 0 Å². The minimum absolute atomic E-state index is 0.00931. The van der Waals surface area contributed by atoms with Crippen molar-refractivity contribution in [2.45, 2.75) is 44.7 Å². The Labute approximate surface area is 129 Å². The van der Waals surface area contributed by atoms with Gasteiger partial charge in [0.2, 0.25) is 0 Å². The van der Waals surface area contributed by atoms with Gasteiger partial charge in [-0.1, -0.05) is 6.07 Å². The second-order valence-electron chi connectivity index (χ2n) is 5.59. The highest BCUT2D eigenvalue weighted by Gasteiger charge is 2.35. The molecule has 6 heteroatoms. The van der Waals surface area contributed by atoms with Gasteiger partial charge in [0.15, 0.2) is 0 Å². The number of likely N-dealkylation sites (N-methyl/N-ethyl adjacent to an activating group) is 1. The number of carbonyl (C=O) groups excluding carboxylic acids is 1. The van der Waals surface area contributed by atoms with Gasteiger partial charge >= 0.3 is 12.0 Å². The second kappa shape index (κ2) is 6.93. The third-order valence-corrected chi connectivity index (χ3v) is 4.74. The number of amides is 2. The Hall–Kier alpha value is -1.56. The van der Waals surface area contributed by atoms with Gasteiger partial charge in [0, 0.05) is 37.0 Å². The monoisotopic (exact) mass is 310 g/mol. The Morgan fingerprint density at radius 3 is 2.71 bits per heavy atom. The molecule has 0 saturated heterocycles. The van der Waals surface area contributed by atoms with E-state index in [4.69, 9.17) is 5.11 Å². The summed E-state index contributed by atoms with van der Waals surface area (Å²) in [6.45, 7) is 2.33. The van der Waals surface area contributed by atoms with Gasteiger partial charge in [-0.25, -0.2) is 4.79 Å². The van der Waals surface area contributed by atoms with Gasteiger partial charge < -0.3 is 14.9 Å². The number of nitrogens with zero attached hydrogens (tertiary/aromatic N) is 2. The van der Waals surface area contributed by atoms with Crippen LogP contribution in [-0.2, 0) is 11.2 Å². The summed E-state index contributed by atoms with van der Waals surface area (Å²) in [6, 6.07) is 4.36. The van der Waals surface area contributed by atoms with Crippen molar-refractivity contribution in [3.8, 4) is 0 Å². The molecule has 0 aromatic carbocycles. The van der Waals surface area contributed by atoms with E-state index >= 15 is 0 Å². The molecule has 1 unspecified atom stereocenters. The highest BCUT2D eigenvalue weighted by Crippen LogP contribution is 2.28. The quantitative estimate of drug-likeness (QED) is 0.842. The molecule has 1 N–H and O–H groups in total. The number of hydrogen-bond donors (Lipinski definition) is 1. The zero-order chi connectivity index (χ0) is 15.4. The van der Waals surface area contributed by atoms with E-state index in [1.54, 1.807) is 28.2 Å². The molecule has 0 aliphatic heterocycles. The van der Waals surface area contributed by atoms with E-state index in [1.165, 1.54) is 4.88 Å². The smallest absolute Gasteiger partial charge is 0.320 e. The van der Waals surface area contributed by atoms with Crippen LogP contribution < -0.4 is 0 Å². The van der Waals surface area contributed by atoms with Gasteiger partial charge in [-0.2, -0.15) is 0 Å². The molecule has 1 aliphatic rings. The molecule has 1 aromatic rings. The lowest BCUT2D eigenvalue weighted by molar-refractivity contribution is -0.137. The maximum atomic E-state index is 12.6. The molecule has 0 bridgehead atoms. The maximum Gasteiger partial charge on any atom is 0.320 e. The summed E-state index contributed by atoms with van der Waals surface area (Å²) in [5.41, 5.74) is 0. The van der Waals surface area contributed by atoms with Crippen molar-refractivity contribution < 1.29 is 14.7 Å². The molecule has 2 rings (SSSR count). The molecule has 1 atom stereocenters. The largest absolute Gasteiger partial charge is 0.481 e. The van der Waals surface area contributed by atoms with E-state index in [0.717, 1.165) is 19.3 Å². The van der Waals surface area contributed by atoms with Crippen LogP contribution in [-0.4, -0.2) is 52.6 Å². The fourth-order valence-electron chi connectivity index (χ4n) is 2.28. The third-order valence-electron chi connectivity index (χ3n) is 3.84. The molecule has 2 amide bonds. The Kier molecular flexibility index (Phi) is 5.22. The number of carbonyl (C=O) groups is 2. The van der Waals surface area contributed by atoms with Crippen LogP contribution in [0.15, 0.2) is 17.5 Å². The van der Waals surface area contributed by atoms with Gasteiger partial charge in [-0.15, -0.1) is 11.3 Å². The molecule has 1 saturated carbocycles. The first-order valence-electron chi connectivity index (χ1n) is 7.26. The van der Waals surface area contributed by atoms with Crippen molar-refractivity contribution in [2.75, 3.05) is 13.6 Å². The fraction of sp³-hybridized carbons (Fsp3) is 0.600. The van der Waals surface area contributed by atoms with Crippen molar-refractivity contribution in [3.63, 3.8) is 0 Å². The first kappa shape index (κ1) is 15.8. The van der Waals surface area contributed by atoms with E-state index in [-0.39, 0.29) is 24.5 Å². The average Bonchev–Trinajstić information content (AvgIpc) is 3.14.